The van der Waals surface area contributed by atoms with E-state index >= 15 is 0 Å². The van der Waals surface area contributed by atoms with Crippen LogP contribution in [0.3, 0.4) is 0 Å². The van der Waals surface area contributed by atoms with Crippen LogP contribution in [0.2, 0.25) is 0 Å². The molecular formula is C15H23N3OS. The van der Waals surface area contributed by atoms with Gasteiger partial charge in [0.1, 0.15) is 4.64 Å². The lowest BCUT2D eigenvalue weighted by atomic mass is 10.0. The van der Waals surface area contributed by atoms with E-state index in [1.165, 1.54) is 12.8 Å². The highest BCUT2D eigenvalue weighted by Crippen LogP contribution is 2.19. The molecule has 0 radical (unpaired) electrons. The lowest BCUT2D eigenvalue weighted by Gasteiger charge is -2.32. The van der Waals surface area contributed by atoms with E-state index in [1.54, 1.807) is 0 Å². The summed E-state index contributed by atoms with van der Waals surface area (Å²) in [5.74, 6) is 0.285. The van der Waals surface area contributed by atoms with Gasteiger partial charge in [0.25, 0.3) is 5.91 Å². The van der Waals surface area contributed by atoms with E-state index in [0.29, 0.717) is 10.2 Å². The molecule has 4 nitrogen and oxygen atoms in total. The molecule has 2 heterocycles. The number of nitrogens with zero attached hydrogens (tertiary/aromatic N) is 2. The van der Waals surface area contributed by atoms with Gasteiger partial charge in [-0.25, -0.2) is 0 Å². The van der Waals surface area contributed by atoms with Gasteiger partial charge in [-0.05, 0) is 50.8 Å². The number of hydrogen-bond acceptors (Lipinski definition) is 3. The molecule has 0 saturated carbocycles. The minimum Gasteiger partial charge on any atom is -0.365 e. The molecule has 0 aliphatic carbocycles. The van der Waals surface area contributed by atoms with Gasteiger partial charge in [0.15, 0.2) is 0 Å². The molecule has 1 amide bonds. The maximum Gasteiger partial charge on any atom is 0.251 e. The molecule has 5 heteroatoms. The fourth-order valence-corrected chi connectivity index (χ4v) is 3.48. The van der Waals surface area contributed by atoms with E-state index in [0.717, 1.165) is 36.9 Å². The Morgan fingerprint density at radius 3 is 2.80 bits per heavy atom. The number of rotatable bonds is 3. The number of carbonyl (C=O) groups is 1. The van der Waals surface area contributed by atoms with Crippen LogP contribution in [0, 0.1) is 24.4 Å². The zero-order valence-electron chi connectivity index (χ0n) is 12.5. The molecule has 1 fully saturated rings. The van der Waals surface area contributed by atoms with Crippen molar-refractivity contribution in [1.29, 1.82) is 0 Å². The van der Waals surface area contributed by atoms with Crippen LogP contribution in [0.25, 0.3) is 0 Å². The molecule has 1 aromatic rings. The molecule has 20 heavy (non-hydrogen) atoms. The normalized spacial score (nSPS) is 20.1. The summed E-state index contributed by atoms with van der Waals surface area (Å²) in [4.78, 5) is 14.0. The highest BCUT2D eigenvalue weighted by molar-refractivity contribution is 7.71. The highest BCUT2D eigenvalue weighted by Gasteiger charge is 2.18. The first-order chi connectivity index (χ1) is 9.40. The molecule has 110 valence electrons. The van der Waals surface area contributed by atoms with Gasteiger partial charge in [-0.3, -0.25) is 9.69 Å². The van der Waals surface area contributed by atoms with Crippen molar-refractivity contribution < 1.29 is 4.79 Å². The lowest BCUT2D eigenvalue weighted by molar-refractivity contribution is 0.0996. The van der Waals surface area contributed by atoms with Gasteiger partial charge in [-0.2, -0.15) is 0 Å². The molecule has 1 aliphatic heterocycles. The number of likely N-dealkylation sites (tertiary alicyclic amines) is 1. The van der Waals surface area contributed by atoms with Gasteiger partial charge < -0.3 is 10.3 Å². The predicted octanol–water partition coefficient (Wildman–Crippen LogP) is 2.62. The number of primary amides is 1. The number of carbonyl (C=O) groups excluding carboxylic acids is 1. The number of nitrogens with two attached hydrogens (primary N) is 1. The Kier molecular flexibility index (Phi) is 4.60. The summed E-state index contributed by atoms with van der Waals surface area (Å²) in [6, 6.07) is 1.99. The first-order valence-corrected chi connectivity index (χ1v) is 7.54. The number of aromatic nitrogens is 1. The average molecular weight is 293 g/mol. The second-order valence-electron chi connectivity index (χ2n) is 5.91. The quantitative estimate of drug-likeness (QED) is 0.872. The minimum atomic E-state index is -0.437. The van der Waals surface area contributed by atoms with Crippen molar-refractivity contribution in [1.82, 2.24) is 9.47 Å². The van der Waals surface area contributed by atoms with Crippen molar-refractivity contribution in [3.05, 3.63) is 27.5 Å². The largest absolute Gasteiger partial charge is 0.365 e. The fraction of sp³-hybridized carbons (Fsp3) is 0.600. The SMILES string of the molecule is Cc1cc(C)n(CN2CCC[C@@H](C)C2)c(=S)c1C(N)=O. The Morgan fingerprint density at radius 1 is 1.50 bits per heavy atom. The summed E-state index contributed by atoms with van der Waals surface area (Å²) in [5.41, 5.74) is 7.88. The summed E-state index contributed by atoms with van der Waals surface area (Å²) in [6.45, 7) is 9.11. The van der Waals surface area contributed by atoms with Crippen molar-refractivity contribution in [2.75, 3.05) is 13.1 Å². The zero-order valence-corrected chi connectivity index (χ0v) is 13.3. The van der Waals surface area contributed by atoms with E-state index in [9.17, 15) is 4.79 Å². The number of amides is 1. The van der Waals surface area contributed by atoms with Gasteiger partial charge in [0.2, 0.25) is 0 Å². The van der Waals surface area contributed by atoms with Crippen LogP contribution in [-0.2, 0) is 6.67 Å². The molecule has 0 aromatic carbocycles. The smallest absolute Gasteiger partial charge is 0.251 e. The summed E-state index contributed by atoms with van der Waals surface area (Å²) < 4.78 is 2.59. The van der Waals surface area contributed by atoms with Gasteiger partial charge in [-0.15, -0.1) is 0 Å². The van der Waals surface area contributed by atoms with E-state index < -0.39 is 5.91 Å². The monoisotopic (exact) mass is 293 g/mol. The molecule has 0 spiro atoms. The van der Waals surface area contributed by atoms with Crippen LogP contribution in [0.4, 0.5) is 0 Å². The first-order valence-electron chi connectivity index (χ1n) is 7.13. The maximum atomic E-state index is 11.6. The van der Waals surface area contributed by atoms with E-state index in [4.69, 9.17) is 18.0 Å². The Hall–Kier alpha value is -1.20. The number of hydrogen-bond donors (Lipinski definition) is 1. The molecule has 2 rings (SSSR count). The summed E-state index contributed by atoms with van der Waals surface area (Å²) >= 11 is 5.48. The van der Waals surface area contributed by atoms with Crippen LogP contribution in [-0.4, -0.2) is 28.5 Å². The van der Waals surface area contributed by atoms with Crippen LogP contribution in [0.1, 0.15) is 41.4 Å². The van der Waals surface area contributed by atoms with Crippen molar-refractivity contribution in [2.45, 2.75) is 40.3 Å². The molecule has 0 unspecified atom stereocenters. The summed E-state index contributed by atoms with van der Waals surface area (Å²) in [5, 5.41) is 0. The minimum absolute atomic E-state index is 0.437. The van der Waals surface area contributed by atoms with Gasteiger partial charge in [0, 0.05) is 12.2 Å². The van der Waals surface area contributed by atoms with Gasteiger partial charge >= 0.3 is 0 Å². The lowest BCUT2D eigenvalue weighted by Crippen LogP contribution is -2.36. The predicted molar refractivity (Wildman–Crippen MR) is 83.2 cm³/mol. The summed E-state index contributed by atoms with van der Waals surface area (Å²) in [7, 11) is 0. The Bertz CT molecular complexity index is 579. The van der Waals surface area contributed by atoms with Gasteiger partial charge in [-0.1, -0.05) is 19.1 Å². The third kappa shape index (κ3) is 3.10. The second-order valence-corrected chi connectivity index (χ2v) is 6.29. The molecule has 2 N–H and O–H groups in total. The van der Waals surface area contributed by atoms with E-state index in [-0.39, 0.29) is 0 Å². The van der Waals surface area contributed by atoms with E-state index in [2.05, 4.69) is 11.8 Å². The molecule has 1 saturated heterocycles. The van der Waals surface area contributed by atoms with Crippen molar-refractivity contribution in [3.8, 4) is 0 Å². The fourth-order valence-electron chi connectivity index (χ4n) is 3.02. The molecule has 1 aromatic heterocycles. The second kappa shape index (κ2) is 6.06. The Morgan fingerprint density at radius 2 is 2.20 bits per heavy atom. The number of piperidine rings is 1. The first kappa shape index (κ1) is 15.2. The zero-order chi connectivity index (χ0) is 14.9. The molecule has 0 bridgehead atoms. The Labute approximate surface area is 125 Å². The van der Waals surface area contributed by atoms with E-state index in [1.807, 2.05) is 24.5 Å². The third-order valence-corrected chi connectivity index (χ3v) is 4.46. The van der Waals surface area contributed by atoms with Crippen molar-refractivity contribution in [2.24, 2.45) is 11.7 Å². The maximum absolute atomic E-state index is 11.6. The number of aryl methyl sites for hydroxylation is 2. The standard InChI is InChI=1S/C15H23N3OS/c1-10-5-4-6-17(8-10)9-18-12(3)7-11(2)13(14(16)19)15(18)20/h7,10H,4-6,8-9H2,1-3H3,(H2,16,19)/t10-/m1/s1. The molecular weight excluding hydrogens is 270 g/mol. The Balaban J connectivity index is 2.34. The van der Waals surface area contributed by atoms with Crippen LogP contribution in [0.5, 0.6) is 0 Å². The van der Waals surface area contributed by atoms with Crippen LogP contribution < -0.4 is 5.73 Å². The molecule has 1 aliphatic rings. The number of pyridine rings is 1. The van der Waals surface area contributed by atoms with Crippen LogP contribution in [0.15, 0.2) is 6.07 Å². The van der Waals surface area contributed by atoms with Crippen LogP contribution >= 0.6 is 12.2 Å². The highest BCUT2D eigenvalue weighted by atomic mass is 32.1. The average Bonchev–Trinajstić information content (AvgIpc) is 2.33. The summed E-state index contributed by atoms with van der Waals surface area (Å²) in [6.07, 6.45) is 2.52. The topological polar surface area (TPSA) is 51.3 Å². The van der Waals surface area contributed by atoms with Crippen molar-refractivity contribution in [3.63, 3.8) is 0 Å². The van der Waals surface area contributed by atoms with Gasteiger partial charge in [0.05, 0.1) is 12.2 Å². The molecule has 1 atom stereocenters. The van der Waals surface area contributed by atoms with Crippen molar-refractivity contribution >= 4 is 18.1 Å². The third-order valence-electron chi connectivity index (χ3n) is 4.03.